The van der Waals surface area contributed by atoms with E-state index in [2.05, 4.69) is 19.5 Å². The van der Waals surface area contributed by atoms with Crippen LogP contribution in [0.3, 0.4) is 0 Å². The van der Waals surface area contributed by atoms with Gasteiger partial charge in [0, 0.05) is 32.0 Å². The molecule has 0 saturated carbocycles. The number of aryl methyl sites for hydroxylation is 3. The summed E-state index contributed by atoms with van der Waals surface area (Å²) in [4.78, 5) is 37.0. The van der Waals surface area contributed by atoms with E-state index in [4.69, 9.17) is 24.8 Å². The van der Waals surface area contributed by atoms with Crippen molar-refractivity contribution in [3.8, 4) is 0 Å². The molecule has 0 aliphatic carbocycles. The Morgan fingerprint density at radius 3 is 2.18 bits per heavy atom. The molecule has 39 heavy (non-hydrogen) atoms. The third-order valence-electron chi connectivity index (χ3n) is 5.90. The smallest absolute Gasteiger partial charge is 0.336 e. The summed E-state index contributed by atoms with van der Waals surface area (Å²) in [7, 11) is 2.01. The van der Waals surface area contributed by atoms with Gasteiger partial charge in [-0.3, -0.25) is 19.2 Å². The Morgan fingerprint density at radius 1 is 1.10 bits per heavy atom. The number of furan rings is 1. The Kier molecular flexibility index (Phi) is 11.0. The molecule has 0 fully saturated rings. The molecular formula is C25H35N5O9. The van der Waals surface area contributed by atoms with Crippen LogP contribution >= 0.6 is 0 Å². The zero-order valence-corrected chi connectivity index (χ0v) is 22.3. The zero-order valence-electron chi connectivity index (χ0n) is 22.3. The van der Waals surface area contributed by atoms with Crippen LogP contribution in [-0.4, -0.2) is 85.9 Å². The molecule has 3 rings (SSSR count). The molecule has 214 valence electrons. The molecule has 14 heteroatoms. The first-order valence-corrected chi connectivity index (χ1v) is 12.0. The molecule has 0 aliphatic heterocycles. The Bertz CT molecular complexity index is 1230. The van der Waals surface area contributed by atoms with Crippen molar-refractivity contribution in [2.24, 2.45) is 7.05 Å². The molecule has 3 aromatic rings. The molecule has 0 bridgehead atoms. The number of aromatic nitrogens is 4. The molecule has 5 N–H and O–H groups in total. The third-order valence-corrected chi connectivity index (χ3v) is 5.90. The number of carboxylic acids is 3. The van der Waals surface area contributed by atoms with Crippen LogP contribution in [0.2, 0.25) is 0 Å². The van der Waals surface area contributed by atoms with E-state index in [0.717, 1.165) is 28.7 Å². The second-order valence-electron chi connectivity index (χ2n) is 9.35. The zero-order chi connectivity index (χ0) is 29.3. The minimum absolute atomic E-state index is 0.471. The molecule has 3 heterocycles. The predicted octanol–water partition coefficient (Wildman–Crippen LogP) is 0.950. The van der Waals surface area contributed by atoms with Crippen molar-refractivity contribution in [2.45, 2.75) is 65.0 Å². The van der Waals surface area contributed by atoms with Gasteiger partial charge in [0.1, 0.15) is 11.6 Å². The van der Waals surface area contributed by atoms with Crippen molar-refractivity contribution in [3.63, 3.8) is 0 Å². The highest BCUT2D eigenvalue weighted by molar-refractivity contribution is 5.88. The quantitative estimate of drug-likeness (QED) is 0.202. The molecule has 14 nitrogen and oxygen atoms in total. The normalized spacial score (nSPS) is 12.2. The van der Waals surface area contributed by atoms with E-state index >= 15 is 0 Å². The maximum absolute atomic E-state index is 10.6. The summed E-state index contributed by atoms with van der Waals surface area (Å²) in [5.41, 5.74) is 0.388. The lowest BCUT2D eigenvalue weighted by Crippen LogP contribution is -2.42. The first kappa shape index (κ1) is 31.2. The fourth-order valence-electron chi connectivity index (χ4n) is 3.86. The molecule has 0 amide bonds. The van der Waals surface area contributed by atoms with Gasteiger partial charge in [0.05, 0.1) is 49.7 Å². The summed E-state index contributed by atoms with van der Waals surface area (Å²) in [6, 6.07) is 5.86. The highest BCUT2D eigenvalue weighted by atomic mass is 16.4. The number of imidazole rings is 1. The van der Waals surface area contributed by atoms with Crippen LogP contribution in [0.15, 0.2) is 35.1 Å². The highest BCUT2D eigenvalue weighted by Crippen LogP contribution is 2.16. The van der Waals surface area contributed by atoms with Crippen molar-refractivity contribution in [3.05, 3.63) is 59.3 Å². The minimum atomic E-state index is -2.74. The Morgan fingerprint density at radius 2 is 1.74 bits per heavy atom. The average molecular weight is 550 g/mol. The summed E-state index contributed by atoms with van der Waals surface area (Å²) in [5, 5.41) is 48.9. The Hall–Kier alpha value is -4.01. The molecule has 0 radical (unpaired) electrons. The molecule has 1 atom stereocenters. The van der Waals surface area contributed by atoms with Crippen molar-refractivity contribution in [1.82, 2.24) is 24.2 Å². The summed E-state index contributed by atoms with van der Waals surface area (Å²) >= 11 is 0. The highest BCUT2D eigenvalue weighted by Gasteiger charge is 2.40. The lowest BCUT2D eigenvalue weighted by molar-refractivity contribution is -0.170. The Balaban J connectivity index is 0.000000349. The number of rotatable bonds is 13. The molecular weight excluding hydrogens is 514 g/mol. The van der Waals surface area contributed by atoms with E-state index in [9.17, 15) is 19.5 Å². The van der Waals surface area contributed by atoms with Crippen molar-refractivity contribution in [2.75, 3.05) is 6.54 Å². The first-order valence-electron chi connectivity index (χ1n) is 12.0. The number of hydrogen-bond acceptors (Lipinski definition) is 9. The van der Waals surface area contributed by atoms with Gasteiger partial charge in [-0.25, -0.2) is 9.78 Å². The van der Waals surface area contributed by atoms with E-state index in [1.54, 1.807) is 6.26 Å². The van der Waals surface area contributed by atoms with Gasteiger partial charge in [-0.15, -0.1) is 0 Å². The van der Waals surface area contributed by atoms with Gasteiger partial charge < -0.3 is 34.5 Å². The van der Waals surface area contributed by atoms with E-state index in [0.29, 0.717) is 26.2 Å². The topological polar surface area (TPSA) is 204 Å². The van der Waals surface area contributed by atoms with Crippen LogP contribution in [0, 0.1) is 20.8 Å². The third kappa shape index (κ3) is 9.67. The van der Waals surface area contributed by atoms with Crippen LogP contribution in [0.4, 0.5) is 0 Å². The lowest BCUT2D eigenvalue weighted by Gasteiger charge is -2.24. The molecule has 1 unspecified atom stereocenters. The second-order valence-corrected chi connectivity index (χ2v) is 9.35. The SMILES string of the molecule is Cc1cc(C)n(CC(O)CN(Cc2ccco2)Cc2cnc(C)n2C)n1.O=C(O)CC(O)(CC(=O)O)C(=O)O. The summed E-state index contributed by atoms with van der Waals surface area (Å²) in [6.45, 7) is 8.26. The van der Waals surface area contributed by atoms with Gasteiger partial charge >= 0.3 is 17.9 Å². The van der Waals surface area contributed by atoms with Crippen molar-refractivity contribution < 1.29 is 44.3 Å². The number of aliphatic hydroxyl groups is 2. The molecule has 0 aliphatic rings. The Labute approximate surface area is 224 Å². The fraction of sp³-hybridized carbons (Fsp3) is 0.480. The average Bonchev–Trinajstić information content (AvgIpc) is 3.51. The molecule has 0 aromatic carbocycles. The molecule has 3 aromatic heterocycles. The van der Waals surface area contributed by atoms with Crippen molar-refractivity contribution >= 4 is 17.9 Å². The number of carbonyl (C=O) groups is 3. The summed E-state index contributed by atoms with van der Waals surface area (Å²) in [6.07, 6.45) is 0.743. The van der Waals surface area contributed by atoms with Gasteiger partial charge in [-0.05, 0) is 39.0 Å². The minimum Gasteiger partial charge on any atom is -0.481 e. The van der Waals surface area contributed by atoms with Gasteiger partial charge in [0.25, 0.3) is 0 Å². The monoisotopic (exact) mass is 549 g/mol. The van der Waals surface area contributed by atoms with Crippen LogP contribution in [0.5, 0.6) is 0 Å². The van der Waals surface area contributed by atoms with Crippen LogP contribution in [-0.2, 0) is 41.1 Å². The second kappa shape index (κ2) is 13.7. The van der Waals surface area contributed by atoms with E-state index in [1.807, 2.05) is 56.9 Å². The van der Waals surface area contributed by atoms with Crippen LogP contribution < -0.4 is 0 Å². The van der Waals surface area contributed by atoms with Gasteiger partial charge in [0.2, 0.25) is 0 Å². The maximum Gasteiger partial charge on any atom is 0.336 e. The summed E-state index contributed by atoms with van der Waals surface area (Å²) in [5.74, 6) is -3.17. The van der Waals surface area contributed by atoms with Crippen LogP contribution in [0.1, 0.15) is 41.5 Å². The number of carboxylic acid groups (broad SMARTS) is 3. The number of aliphatic hydroxyl groups excluding tert-OH is 1. The fourth-order valence-corrected chi connectivity index (χ4v) is 3.86. The van der Waals surface area contributed by atoms with Gasteiger partial charge in [0.15, 0.2) is 5.60 Å². The predicted molar refractivity (Wildman–Crippen MR) is 136 cm³/mol. The molecule has 0 spiro atoms. The maximum atomic E-state index is 10.6. The molecule has 0 saturated heterocycles. The standard InChI is InChI=1S/C19H27N5O2.C6H8O7/c1-14-8-15(2)24(21-14)12-18(25)11-23(13-19-6-5-7-26-19)10-17-9-20-16(3)22(17)4;7-3(8)1-6(13,5(11)12)2-4(9)10/h5-9,18,25H,10-13H2,1-4H3;13H,1-2H2,(H,7,8)(H,9,10)(H,11,12). The van der Waals surface area contributed by atoms with E-state index in [-0.39, 0.29) is 0 Å². The lowest BCUT2D eigenvalue weighted by atomic mass is 9.96. The van der Waals surface area contributed by atoms with E-state index < -0.39 is 42.5 Å². The number of hydrogen-bond donors (Lipinski definition) is 5. The van der Waals surface area contributed by atoms with E-state index in [1.165, 1.54) is 0 Å². The van der Waals surface area contributed by atoms with Gasteiger partial charge in [-0.1, -0.05) is 0 Å². The van der Waals surface area contributed by atoms with Gasteiger partial charge in [-0.2, -0.15) is 5.10 Å². The number of nitrogens with zero attached hydrogens (tertiary/aromatic N) is 5. The van der Waals surface area contributed by atoms with Crippen LogP contribution in [0.25, 0.3) is 0 Å². The largest absolute Gasteiger partial charge is 0.481 e. The van der Waals surface area contributed by atoms with Crippen molar-refractivity contribution in [1.29, 1.82) is 0 Å². The first-order chi connectivity index (χ1) is 18.2. The number of aliphatic carboxylic acids is 3. The summed E-state index contributed by atoms with van der Waals surface area (Å²) < 4.78 is 9.43.